The molecule has 3 rings (SSSR count). The van der Waals surface area contributed by atoms with Gasteiger partial charge in [0.05, 0.1) is 14.4 Å². The Kier molecular flexibility index (Phi) is 6.99. The predicted octanol–water partition coefficient (Wildman–Crippen LogP) is 6.52. The number of carbonyl (C=O) groups is 1. The summed E-state index contributed by atoms with van der Waals surface area (Å²) in [5.74, 6) is 0.392. The number of aliphatic imine (C=N–C) groups is 1. The molecule has 146 valence electrons. The SMILES string of the molecule is CN=C1S/C(=C\c2cc(Cl)c(OCc3ccc(Cl)cc3Cl)c(Br)c2)C(=O)N1C. The van der Waals surface area contributed by atoms with Gasteiger partial charge in [-0.05, 0) is 63.6 Å². The van der Waals surface area contributed by atoms with Crippen molar-refractivity contribution in [3.63, 3.8) is 0 Å². The first kappa shape index (κ1) is 21.5. The highest BCUT2D eigenvalue weighted by Crippen LogP contribution is 2.38. The molecule has 2 aromatic rings. The number of hydrogen-bond acceptors (Lipinski definition) is 4. The van der Waals surface area contributed by atoms with Crippen LogP contribution in [-0.4, -0.2) is 30.1 Å². The molecule has 9 heteroatoms. The highest BCUT2D eigenvalue weighted by molar-refractivity contribution is 9.10. The standard InChI is InChI=1S/C19H14BrCl3N2O2S/c1-24-19-25(2)18(26)16(28-19)7-10-5-13(20)17(15(23)6-10)27-9-11-3-4-12(21)8-14(11)22/h3-8H,9H2,1-2H3/b16-7-,24-19?. The van der Waals surface area contributed by atoms with E-state index in [-0.39, 0.29) is 12.5 Å². The maximum Gasteiger partial charge on any atom is 0.266 e. The van der Waals surface area contributed by atoms with Crippen LogP contribution in [0.2, 0.25) is 15.1 Å². The molecule has 28 heavy (non-hydrogen) atoms. The number of benzene rings is 2. The van der Waals surface area contributed by atoms with Gasteiger partial charge in [-0.25, -0.2) is 0 Å². The Balaban J connectivity index is 1.81. The van der Waals surface area contributed by atoms with Gasteiger partial charge in [-0.1, -0.05) is 40.9 Å². The van der Waals surface area contributed by atoms with E-state index in [4.69, 9.17) is 39.5 Å². The predicted molar refractivity (Wildman–Crippen MR) is 122 cm³/mol. The molecule has 0 atom stereocenters. The van der Waals surface area contributed by atoms with Crippen molar-refractivity contribution in [1.29, 1.82) is 0 Å². The molecule has 2 aromatic carbocycles. The molecule has 0 aliphatic carbocycles. The number of thioether (sulfide) groups is 1. The van der Waals surface area contributed by atoms with Crippen LogP contribution < -0.4 is 4.74 Å². The van der Waals surface area contributed by atoms with Crippen molar-refractivity contribution in [3.8, 4) is 5.75 Å². The molecule has 0 aromatic heterocycles. The molecule has 0 saturated carbocycles. The molecule has 0 radical (unpaired) electrons. The number of amidine groups is 1. The van der Waals surface area contributed by atoms with E-state index < -0.39 is 0 Å². The van der Waals surface area contributed by atoms with Gasteiger partial charge in [-0.3, -0.25) is 14.7 Å². The lowest BCUT2D eigenvalue weighted by Crippen LogP contribution is -2.23. The Morgan fingerprint density at radius 2 is 1.96 bits per heavy atom. The summed E-state index contributed by atoms with van der Waals surface area (Å²) < 4.78 is 6.52. The minimum absolute atomic E-state index is 0.101. The summed E-state index contributed by atoms with van der Waals surface area (Å²) in [5, 5.41) is 2.16. The third kappa shape index (κ3) is 4.69. The zero-order valence-electron chi connectivity index (χ0n) is 14.8. The molecule has 0 N–H and O–H groups in total. The van der Waals surface area contributed by atoms with Crippen LogP contribution in [0, 0.1) is 0 Å². The van der Waals surface area contributed by atoms with E-state index in [1.807, 2.05) is 6.07 Å². The Labute approximate surface area is 190 Å². The summed E-state index contributed by atoms with van der Waals surface area (Å²) in [4.78, 5) is 18.5. The highest BCUT2D eigenvalue weighted by Gasteiger charge is 2.29. The monoisotopic (exact) mass is 518 g/mol. The average Bonchev–Trinajstić information content (AvgIpc) is 2.90. The second kappa shape index (κ2) is 9.09. The Morgan fingerprint density at radius 1 is 1.21 bits per heavy atom. The molecule has 0 bridgehead atoms. The maximum absolute atomic E-state index is 12.3. The molecule has 0 unspecified atom stereocenters. The zero-order valence-corrected chi connectivity index (χ0v) is 19.5. The minimum Gasteiger partial charge on any atom is -0.486 e. The van der Waals surface area contributed by atoms with E-state index in [0.29, 0.717) is 35.4 Å². The Hall–Kier alpha value is -1.18. The van der Waals surface area contributed by atoms with Crippen LogP contribution in [0.5, 0.6) is 5.75 Å². The molecule has 0 spiro atoms. The summed E-state index contributed by atoms with van der Waals surface area (Å²) in [6.45, 7) is 0.240. The first-order chi connectivity index (χ1) is 13.3. The zero-order chi connectivity index (χ0) is 20.4. The quantitative estimate of drug-likeness (QED) is 0.431. The smallest absolute Gasteiger partial charge is 0.266 e. The lowest BCUT2D eigenvalue weighted by Gasteiger charge is -2.12. The molecular weight excluding hydrogens is 507 g/mol. The number of hydrogen-bond donors (Lipinski definition) is 0. The Morgan fingerprint density at radius 3 is 2.57 bits per heavy atom. The van der Waals surface area contributed by atoms with Crippen molar-refractivity contribution in [1.82, 2.24) is 4.90 Å². The van der Waals surface area contributed by atoms with Crippen molar-refractivity contribution < 1.29 is 9.53 Å². The van der Waals surface area contributed by atoms with Crippen molar-refractivity contribution in [2.45, 2.75) is 6.61 Å². The molecule has 1 saturated heterocycles. The summed E-state index contributed by atoms with van der Waals surface area (Å²) in [6, 6.07) is 8.80. The largest absolute Gasteiger partial charge is 0.486 e. The first-order valence-corrected chi connectivity index (χ1v) is 10.7. The second-order valence-electron chi connectivity index (χ2n) is 5.82. The second-order valence-corrected chi connectivity index (χ2v) is 8.93. The summed E-state index contributed by atoms with van der Waals surface area (Å²) in [6.07, 6.45) is 1.78. The number of rotatable bonds is 4. The van der Waals surface area contributed by atoms with Crippen LogP contribution >= 0.6 is 62.5 Å². The van der Waals surface area contributed by atoms with E-state index >= 15 is 0 Å². The number of halogens is 4. The first-order valence-electron chi connectivity index (χ1n) is 8.00. The fourth-order valence-corrected chi connectivity index (χ4v) is 4.87. The van der Waals surface area contributed by atoms with Gasteiger partial charge in [-0.15, -0.1) is 0 Å². The third-order valence-electron chi connectivity index (χ3n) is 3.90. The third-order valence-corrected chi connectivity index (χ3v) is 6.51. The van der Waals surface area contributed by atoms with Crippen molar-refractivity contribution in [3.05, 3.63) is 65.9 Å². The van der Waals surface area contributed by atoms with Gasteiger partial charge in [0.2, 0.25) is 0 Å². The number of ether oxygens (including phenoxy) is 1. The Bertz CT molecular complexity index is 988. The summed E-state index contributed by atoms with van der Waals surface area (Å²) in [5.41, 5.74) is 1.57. The molecular formula is C19H14BrCl3N2O2S. The maximum atomic E-state index is 12.3. The van der Waals surface area contributed by atoms with Gasteiger partial charge in [0.25, 0.3) is 5.91 Å². The van der Waals surface area contributed by atoms with E-state index in [2.05, 4.69) is 20.9 Å². The number of nitrogens with zero attached hydrogens (tertiary/aromatic N) is 2. The topological polar surface area (TPSA) is 41.9 Å². The summed E-state index contributed by atoms with van der Waals surface area (Å²) in [7, 11) is 3.35. The lowest BCUT2D eigenvalue weighted by atomic mass is 10.2. The number of amides is 1. The van der Waals surface area contributed by atoms with Crippen LogP contribution in [0.4, 0.5) is 0 Å². The molecule has 1 amide bonds. The van der Waals surface area contributed by atoms with Crippen molar-refractivity contribution >= 4 is 79.6 Å². The van der Waals surface area contributed by atoms with Gasteiger partial charge < -0.3 is 4.74 Å². The van der Waals surface area contributed by atoms with E-state index in [0.717, 1.165) is 11.1 Å². The fraction of sp³-hybridized carbons (Fsp3) is 0.158. The van der Waals surface area contributed by atoms with Crippen LogP contribution in [0.3, 0.4) is 0 Å². The van der Waals surface area contributed by atoms with Gasteiger partial charge in [-0.2, -0.15) is 0 Å². The average molecular weight is 521 g/mol. The van der Waals surface area contributed by atoms with Gasteiger partial charge in [0, 0.05) is 29.7 Å². The molecule has 1 aliphatic rings. The molecule has 1 fully saturated rings. The van der Waals surface area contributed by atoms with Gasteiger partial charge >= 0.3 is 0 Å². The van der Waals surface area contributed by atoms with E-state index in [1.165, 1.54) is 16.7 Å². The minimum atomic E-state index is -0.101. The van der Waals surface area contributed by atoms with Crippen LogP contribution in [0.25, 0.3) is 6.08 Å². The number of likely N-dealkylation sites (N-methyl/N-ethyl adjacent to an activating group) is 1. The van der Waals surface area contributed by atoms with Gasteiger partial charge in [0.15, 0.2) is 10.9 Å². The van der Waals surface area contributed by atoms with Crippen molar-refractivity contribution in [2.24, 2.45) is 4.99 Å². The molecule has 1 aliphatic heterocycles. The highest BCUT2D eigenvalue weighted by atomic mass is 79.9. The van der Waals surface area contributed by atoms with E-state index in [9.17, 15) is 4.79 Å². The lowest BCUT2D eigenvalue weighted by molar-refractivity contribution is -0.121. The molecule has 1 heterocycles. The normalized spacial score (nSPS) is 17.1. The van der Waals surface area contributed by atoms with Crippen LogP contribution in [-0.2, 0) is 11.4 Å². The van der Waals surface area contributed by atoms with Gasteiger partial charge in [0.1, 0.15) is 6.61 Å². The van der Waals surface area contributed by atoms with Crippen LogP contribution in [0.15, 0.2) is 44.7 Å². The van der Waals surface area contributed by atoms with Crippen LogP contribution in [0.1, 0.15) is 11.1 Å². The number of carbonyl (C=O) groups excluding carboxylic acids is 1. The van der Waals surface area contributed by atoms with E-state index in [1.54, 1.807) is 44.4 Å². The molecule has 4 nitrogen and oxygen atoms in total. The van der Waals surface area contributed by atoms with Crippen molar-refractivity contribution in [2.75, 3.05) is 14.1 Å². The summed E-state index contributed by atoms with van der Waals surface area (Å²) >= 11 is 23.3. The fourth-order valence-electron chi connectivity index (χ4n) is 2.49.